The van der Waals surface area contributed by atoms with Gasteiger partial charge in [-0.05, 0) is 62.4 Å². The van der Waals surface area contributed by atoms with Crippen LogP contribution in [0.25, 0.3) is 0 Å². The molecule has 9 heteroatoms. The fourth-order valence-corrected chi connectivity index (χ4v) is 4.83. The molecular weight excluding hydrogens is 419 g/mol. The van der Waals surface area contributed by atoms with Crippen molar-refractivity contribution in [1.82, 2.24) is 9.80 Å². The molecular formula is C21H27ClF3N3O2. The van der Waals surface area contributed by atoms with Gasteiger partial charge >= 0.3 is 6.18 Å². The second-order valence-corrected chi connectivity index (χ2v) is 9.15. The summed E-state index contributed by atoms with van der Waals surface area (Å²) in [5, 5.41) is 9.95. The summed E-state index contributed by atoms with van der Waals surface area (Å²) < 4.78 is 39.3. The zero-order valence-corrected chi connectivity index (χ0v) is 17.6. The molecule has 1 N–H and O–H groups in total. The molecule has 1 saturated carbocycles. The molecule has 2 saturated heterocycles. The first-order chi connectivity index (χ1) is 14.2. The fraction of sp³-hybridized carbons (Fsp3) is 0.667. The maximum atomic E-state index is 13.1. The Labute approximate surface area is 179 Å². The summed E-state index contributed by atoms with van der Waals surface area (Å²) in [5.41, 5.74) is -0.333. The number of hydrogen-bond donors (Lipinski definition) is 1. The number of halogens is 4. The van der Waals surface area contributed by atoms with Gasteiger partial charge in [0.25, 0.3) is 0 Å². The summed E-state index contributed by atoms with van der Waals surface area (Å²) in [6.45, 7) is 4.19. The number of benzene rings is 1. The van der Waals surface area contributed by atoms with Crippen molar-refractivity contribution in [3.05, 3.63) is 28.8 Å². The SMILES string of the molecule is O=C1CN(c2ccc(Cl)c(C(F)(F)F)c2)CCN1CCCN1CCC2(CC2)C(O)C1. The van der Waals surface area contributed by atoms with E-state index in [4.69, 9.17) is 11.6 Å². The van der Waals surface area contributed by atoms with Gasteiger partial charge in [-0.1, -0.05) is 11.6 Å². The van der Waals surface area contributed by atoms with Gasteiger partial charge in [-0.3, -0.25) is 4.79 Å². The van der Waals surface area contributed by atoms with Gasteiger partial charge in [0.15, 0.2) is 0 Å². The minimum absolute atomic E-state index is 0.0594. The highest BCUT2D eigenvalue weighted by Crippen LogP contribution is 2.53. The molecule has 5 nitrogen and oxygen atoms in total. The number of carbonyl (C=O) groups is 1. The van der Waals surface area contributed by atoms with E-state index in [-0.39, 0.29) is 29.0 Å². The van der Waals surface area contributed by atoms with E-state index < -0.39 is 11.7 Å². The second-order valence-electron chi connectivity index (χ2n) is 8.75. The molecule has 2 aliphatic heterocycles. The van der Waals surface area contributed by atoms with E-state index in [2.05, 4.69) is 4.90 Å². The van der Waals surface area contributed by atoms with Crippen molar-refractivity contribution < 1.29 is 23.1 Å². The Morgan fingerprint density at radius 3 is 2.53 bits per heavy atom. The molecule has 1 aromatic rings. The Kier molecular flexibility index (Phi) is 5.94. The highest BCUT2D eigenvalue weighted by molar-refractivity contribution is 6.31. The van der Waals surface area contributed by atoms with Gasteiger partial charge in [0.2, 0.25) is 5.91 Å². The number of carbonyl (C=O) groups excluding carboxylic acids is 1. The normalized spacial score (nSPS) is 24.6. The number of amides is 1. The summed E-state index contributed by atoms with van der Waals surface area (Å²) in [4.78, 5) is 18.2. The summed E-state index contributed by atoms with van der Waals surface area (Å²) in [7, 11) is 0. The molecule has 3 fully saturated rings. The van der Waals surface area contributed by atoms with Crippen molar-refractivity contribution in [1.29, 1.82) is 0 Å². The minimum Gasteiger partial charge on any atom is -0.391 e. The molecule has 2 heterocycles. The molecule has 166 valence electrons. The fourth-order valence-electron chi connectivity index (χ4n) is 4.60. The van der Waals surface area contributed by atoms with Crippen LogP contribution in [-0.4, -0.2) is 72.7 Å². The third-order valence-electron chi connectivity index (χ3n) is 6.80. The van der Waals surface area contributed by atoms with Gasteiger partial charge in [0.1, 0.15) is 0 Å². The molecule has 1 unspecified atom stereocenters. The highest BCUT2D eigenvalue weighted by Gasteiger charge is 2.51. The first-order valence-electron chi connectivity index (χ1n) is 10.5. The van der Waals surface area contributed by atoms with Gasteiger partial charge in [0, 0.05) is 31.9 Å². The molecule has 30 heavy (non-hydrogen) atoms. The Balaban J connectivity index is 1.26. The molecule has 4 rings (SSSR count). The molecule has 1 amide bonds. The minimum atomic E-state index is -4.53. The van der Waals surface area contributed by atoms with Crippen molar-refractivity contribution in [3.8, 4) is 0 Å². The lowest BCUT2D eigenvalue weighted by Gasteiger charge is -2.38. The maximum absolute atomic E-state index is 13.1. The first kappa shape index (κ1) is 21.7. The third kappa shape index (κ3) is 4.55. The summed E-state index contributed by atoms with van der Waals surface area (Å²) >= 11 is 5.69. The van der Waals surface area contributed by atoms with Crippen LogP contribution in [0.5, 0.6) is 0 Å². The number of rotatable bonds is 5. The number of hydrogen-bond acceptors (Lipinski definition) is 4. The molecule has 1 spiro atoms. The lowest BCUT2D eigenvalue weighted by atomic mass is 9.90. The lowest BCUT2D eigenvalue weighted by Crippen LogP contribution is -2.51. The largest absolute Gasteiger partial charge is 0.417 e. The quantitative estimate of drug-likeness (QED) is 0.756. The number of aliphatic hydroxyl groups excluding tert-OH is 1. The van der Waals surface area contributed by atoms with Gasteiger partial charge in [-0.2, -0.15) is 13.2 Å². The van der Waals surface area contributed by atoms with E-state index in [1.165, 1.54) is 12.1 Å². The van der Waals surface area contributed by atoms with Crippen molar-refractivity contribution in [2.24, 2.45) is 5.41 Å². The van der Waals surface area contributed by atoms with Crippen LogP contribution in [0.4, 0.5) is 18.9 Å². The van der Waals surface area contributed by atoms with Gasteiger partial charge in [0.05, 0.1) is 23.2 Å². The zero-order chi connectivity index (χ0) is 21.5. The number of aliphatic hydroxyl groups is 1. The molecule has 0 aromatic heterocycles. The predicted octanol–water partition coefficient (Wildman–Crippen LogP) is 3.24. The number of likely N-dealkylation sites (tertiary alicyclic amines) is 1. The van der Waals surface area contributed by atoms with E-state index >= 15 is 0 Å². The summed E-state index contributed by atoms with van der Waals surface area (Å²) in [6.07, 6.45) is -0.618. The average molecular weight is 446 g/mol. The summed E-state index contributed by atoms with van der Waals surface area (Å²) in [5.74, 6) is -0.0830. The van der Waals surface area contributed by atoms with Crippen LogP contribution in [0, 0.1) is 5.41 Å². The van der Waals surface area contributed by atoms with Gasteiger partial charge in [-0.15, -0.1) is 0 Å². The number of anilines is 1. The van der Waals surface area contributed by atoms with Crippen LogP contribution in [0.3, 0.4) is 0 Å². The monoisotopic (exact) mass is 445 g/mol. The van der Waals surface area contributed by atoms with E-state index in [0.29, 0.717) is 31.9 Å². The van der Waals surface area contributed by atoms with Crippen molar-refractivity contribution in [2.45, 2.75) is 38.0 Å². The number of β-amino-alcohol motifs (C(OH)–C–C–N with tert-alkyl or cyclic N) is 1. The van der Waals surface area contributed by atoms with Crippen molar-refractivity contribution in [2.75, 3.05) is 50.7 Å². The Morgan fingerprint density at radius 2 is 1.90 bits per heavy atom. The Hall–Kier alpha value is -1.51. The van der Waals surface area contributed by atoms with Crippen molar-refractivity contribution >= 4 is 23.2 Å². The third-order valence-corrected chi connectivity index (χ3v) is 7.13. The van der Waals surface area contributed by atoms with Crippen LogP contribution in [0.1, 0.15) is 31.2 Å². The average Bonchev–Trinajstić information content (AvgIpc) is 3.46. The lowest BCUT2D eigenvalue weighted by molar-refractivity contribution is -0.137. The summed E-state index contributed by atoms with van der Waals surface area (Å²) in [6, 6.07) is 3.77. The number of nitrogens with zero attached hydrogens (tertiary/aromatic N) is 3. The number of piperazine rings is 1. The maximum Gasteiger partial charge on any atom is 0.417 e. The van der Waals surface area contributed by atoms with Crippen LogP contribution >= 0.6 is 11.6 Å². The smallest absolute Gasteiger partial charge is 0.391 e. The molecule has 0 radical (unpaired) electrons. The first-order valence-corrected chi connectivity index (χ1v) is 10.9. The number of alkyl halides is 3. The highest BCUT2D eigenvalue weighted by atomic mass is 35.5. The Bertz CT molecular complexity index is 800. The number of piperidine rings is 1. The standard InChI is InChI=1S/C21H27ClF3N3O2/c22-17-3-2-15(12-16(17)21(23,24)25)28-11-10-27(19(30)14-28)8-1-7-26-9-6-20(4-5-20)18(29)13-26/h2-3,12,18,29H,1,4-11,13-14H2. The van der Waals surface area contributed by atoms with E-state index in [0.717, 1.165) is 44.8 Å². The zero-order valence-electron chi connectivity index (χ0n) is 16.8. The van der Waals surface area contributed by atoms with Crippen LogP contribution in [-0.2, 0) is 11.0 Å². The molecule has 3 aliphatic rings. The van der Waals surface area contributed by atoms with E-state index in [1.807, 2.05) is 0 Å². The van der Waals surface area contributed by atoms with Crippen LogP contribution in [0.15, 0.2) is 18.2 Å². The van der Waals surface area contributed by atoms with E-state index in [9.17, 15) is 23.1 Å². The molecule has 0 bridgehead atoms. The van der Waals surface area contributed by atoms with Gasteiger partial charge in [-0.25, -0.2) is 0 Å². The van der Waals surface area contributed by atoms with Crippen LogP contribution < -0.4 is 4.90 Å². The topological polar surface area (TPSA) is 47.0 Å². The van der Waals surface area contributed by atoms with Gasteiger partial charge < -0.3 is 19.8 Å². The second kappa shape index (κ2) is 8.20. The van der Waals surface area contributed by atoms with Crippen molar-refractivity contribution in [3.63, 3.8) is 0 Å². The molecule has 1 aliphatic carbocycles. The molecule has 1 aromatic carbocycles. The van der Waals surface area contributed by atoms with Crippen LogP contribution in [0.2, 0.25) is 5.02 Å². The Morgan fingerprint density at radius 1 is 1.13 bits per heavy atom. The molecule has 1 atom stereocenters. The van der Waals surface area contributed by atoms with E-state index in [1.54, 1.807) is 9.80 Å². The predicted molar refractivity (Wildman–Crippen MR) is 109 cm³/mol.